The van der Waals surface area contributed by atoms with Crippen LogP contribution in [0.4, 0.5) is 0 Å². The van der Waals surface area contributed by atoms with Crippen LogP contribution in [0.5, 0.6) is 0 Å². The van der Waals surface area contributed by atoms with Crippen molar-refractivity contribution in [3.63, 3.8) is 0 Å². The van der Waals surface area contributed by atoms with Crippen LogP contribution in [0, 0.1) is 18.0 Å². The molecule has 2 aromatic carbocycles. The van der Waals surface area contributed by atoms with Crippen LogP contribution in [0.15, 0.2) is 70.6 Å². The van der Waals surface area contributed by atoms with Crippen molar-refractivity contribution < 1.29 is 0 Å². The first-order chi connectivity index (χ1) is 17.4. The first-order valence-electron chi connectivity index (χ1n) is 14.4. The van der Waals surface area contributed by atoms with Gasteiger partial charge in [0.05, 0.1) is 5.92 Å². The summed E-state index contributed by atoms with van der Waals surface area (Å²) in [5.41, 5.74) is 2.83. The SMILES string of the molecule is CCCCCCCCCCCCCCC([C+]1N=CC=N1)C(Cc1ccccc1)Cc1ccccc1. The Bertz CT molecular complexity index is 773. The number of unbranched alkanes of at least 4 members (excludes halogenated alkanes) is 11. The number of aliphatic imine (C=N–C) groups is 2. The lowest BCUT2D eigenvalue weighted by Gasteiger charge is -2.26. The maximum Gasteiger partial charge on any atom is 0.244 e. The van der Waals surface area contributed by atoms with E-state index in [1.54, 1.807) is 0 Å². The number of rotatable bonds is 19. The molecule has 0 radical (unpaired) electrons. The van der Waals surface area contributed by atoms with E-state index in [9.17, 15) is 0 Å². The molecule has 0 N–H and O–H groups in total. The highest BCUT2D eigenvalue weighted by molar-refractivity contribution is 6.18. The van der Waals surface area contributed by atoms with Crippen molar-refractivity contribution in [1.82, 2.24) is 0 Å². The third-order valence-corrected chi connectivity index (χ3v) is 7.43. The van der Waals surface area contributed by atoms with Crippen LogP contribution in [0.3, 0.4) is 0 Å². The Hall–Kier alpha value is -2.35. The second-order valence-electron chi connectivity index (χ2n) is 10.3. The molecule has 188 valence electrons. The molecular formula is C33H47N2+. The van der Waals surface area contributed by atoms with Gasteiger partial charge in [0, 0.05) is 0 Å². The molecule has 1 aliphatic heterocycles. The van der Waals surface area contributed by atoms with Crippen LogP contribution in [0.2, 0.25) is 0 Å². The van der Waals surface area contributed by atoms with E-state index in [-0.39, 0.29) is 0 Å². The second-order valence-corrected chi connectivity index (χ2v) is 10.3. The average Bonchev–Trinajstić information content (AvgIpc) is 3.42. The number of hydrogen-bond acceptors (Lipinski definition) is 2. The summed E-state index contributed by atoms with van der Waals surface area (Å²) in [5.74, 6) is 0.920. The Balaban J connectivity index is 1.47. The van der Waals surface area contributed by atoms with Crippen molar-refractivity contribution in [3.8, 4) is 0 Å². The predicted molar refractivity (Wildman–Crippen MR) is 153 cm³/mol. The van der Waals surface area contributed by atoms with E-state index in [0.29, 0.717) is 11.8 Å². The Kier molecular flexibility index (Phi) is 13.3. The van der Waals surface area contributed by atoms with Gasteiger partial charge < -0.3 is 0 Å². The molecule has 2 heteroatoms. The molecule has 0 aromatic heterocycles. The van der Waals surface area contributed by atoms with Gasteiger partial charge in [-0.2, -0.15) is 0 Å². The Labute approximate surface area is 215 Å². The summed E-state index contributed by atoms with van der Waals surface area (Å²) in [6, 6.07) is 21.9. The van der Waals surface area contributed by atoms with E-state index in [1.807, 2.05) is 12.4 Å². The molecule has 2 nitrogen and oxygen atoms in total. The van der Waals surface area contributed by atoms with Crippen molar-refractivity contribution >= 4 is 12.4 Å². The Morgan fingerprint density at radius 1 is 0.571 bits per heavy atom. The molecule has 0 aliphatic carbocycles. The van der Waals surface area contributed by atoms with Gasteiger partial charge >= 0.3 is 0 Å². The van der Waals surface area contributed by atoms with Crippen molar-refractivity contribution in [3.05, 3.63) is 78.0 Å². The van der Waals surface area contributed by atoms with Gasteiger partial charge in [-0.1, -0.05) is 155 Å². The fourth-order valence-corrected chi connectivity index (χ4v) is 5.42. The number of benzene rings is 2. The monoisotopic (exact) mass is 471 g/mol. The first-order valence-corrected chi connectivity index (χ1v) is 14.4. The molecule has 35 heavy (non-hydrogen) atoms. The largest absolute Gasteiger partial charge is 0.244 e. The summed E-state index contributed by atoms with van der Waals surface area (Å²) in [5, 5.41) is 0. The minimum atomic E-state index is 0.411. The van der Waals surface area contributed by atoms with Gasteiger partial charge in [0.15, 0.2) is 12.4 Å². The molecular weight excluding hydrogens is 424 g/mol. The van der Waals surface area contributed by atoms with Gasteiger partial charge in [0.2, 0.25) is 6.17 Å². The van der Waals surface area contributed by atoms with Crippen molar-refractivity contribution in [2.75, 3.05) is 0 Å². The lowest BCUT2D eigenvalue weighted by Crippen LogP contribution is -2.24. The third kappa shape index (κ3) is 10.8. The first kappa shape index (κ1) is 27.2. The van der Waals surface area contributed by atoms with Crippen molar-refractivity contribution in [2.24, 2.45) is 21.8 Å². The van der Waals surface area contributed by atoms with Crippen LogP contribution in [-0.2, 0) is 12.8 Å². The van der Waals surface area contributed by atoms with Crippen LogP contribution in [0.25, 0.3) is 0 Å². The summed E-state index contributed by atoms with van der Waals surface area (Å²) in [6.45, 7) is 2.29. The fourth-order valence-electron chi connectivity index (χ4n) is 5.42. The minimum Gasteiger partial charge on any atom is -0.0965 e. The van der Waals surface area contributed by atoms with E-state index in [4.69, 9.17) is 0 Å². The summed E-state index contributed by atoms with van der Waals surface area (Å²) in [4.78, 5) is 9.37. The van der Waals surface area contributed by atoms with Gasteiger partial charge in [-0.25, -0.2) is 0 Å². The Morgan fingerprint density at radius 3 is 1.46 bits per heavy atom. The van der Waals surface area contributed by atoms with Gasteiger partial charge in [-0.05, 0) is 36.3 Å². The average molecular weight is 472 g/mol. The van der Waals surface area contributed by atoms with Crippen LogP contribution in [0.1, 0.15) is 102 Å². The van der Waals surface area contributed by atoms with E-state index >= 15 is 0 Å². The van der Waals surface area contributed by atoms with Gasteiger partial charge in [-0.3, -0.25) is 0 Å². The lowest BCUT2D eigenvalue weighted by molar-refractivity contribution is 0.306. The molecule has 1 atom stereocenters. The molecule has 0 spiro atoms. The zero-order valence-electron chi connectivity index (χ0n) is 22.1. The molecule has 0 fully saturated rings. The maximum absolute atomic E-state index is 4.69. The zero-order valence-corrected chi connectivity index (χ0v) is 22.1. The van der Waals surface area contributed by atoms with E-state index in [1.165, 1.54) is 94.6 Å². The van der Waals surface area contributed by atoms with Crippen LogP contribution in [-0.4, -0.2) is 12.4 Å². The van der Waals surface area contributed by atoms with Crippen LogP contribution >= 0.6 is 0 Å². The van der Waals surface area contributed by atoms with Crippen molar-refractivity contribution in [2.45, 2.75) is 103 Å². The van der Waals surface area contributed by atoms with Crippen LogP contribution < -0.4 is 0 Å². The summed E-state index contributed by atoms with van der Waals surface area (Å²) < 4.78 is 0. The quantitative estimate of drug-likeness (QED) is 0.144. The molecule has 0 saturated heterocycles. The topological polar surface area (TPSA) is 24.7 Å². The molecule has 1 heterocycles. The maximum atomic E-state index is 4.69. The van der Waals surface area contributed by atoms with Crippen molar-refractivity contribution in [1.29, 1.82) is 0 Å². The zero-order chi connectivity index (χ0) is 24.4. The standard InChI is InChI=1S/C33H47N2/c1-2-3-4-5-6-7-8-9-10-11-12-19-24-32(33-34-25-26-35-33)31(27-29-20-15-13-16-21-29)28-30-22-17-14-18-23-30/h13-18,20-23,25-26,31-32H,2-12,19,24,27-28H2,1H3/q+1. The summed E-state index contributed by atoms with van der Waals surface area (Å²) in [6.07, 6.45) is 24.8. The molecule has 0 amide bonds. The molecule has 0 saturated carbocycles. The summed E-state index contributed by atoms with van der Waals surface area (Å²) >= 11 is 0. The lowest BCUT2D eigenvalue weighted by atomic mass is 9.78. The summed E-state index contributed by atoms with van der Waals surface area (Å²) in [7, 11) is 0. The highest BCUT2D eigenvalue weighted by atomic mass is 15.0. The Morgan fingerprint density at radius 2 is 1.00 bits per heavy atom. The van der Waals surface area contributed by atoms with E-state index < -0.39 is 0 Å². The highest BCUT2D eigenvalue weighted by Crippen LogP contribution is 2.36. The van der Waals surface area contributed by atoms with E-state index in [2.05, 4.69) is 77.6 Å². The van der Waals surface area contributed by atoms with Gasteiger partial charge in [0.25, 0.3) is 0 Å². The van der Waals surface area contributed by atoms with Gasteiger partial charge in [-0.15, -0.1) is 0 Å². The number of nitrogens with zero attached hydrogens (tertiary/aromatic N) is 2. The third-order valence-electron chi connectivity index (χ3n) is 7.43. The molecule has 1 unspecified atom stereocenters. The minimum absolute atomic E-state index is 0.411. The molecule has 2 aromatic rings. The normalized spacial score (nSPS) is 13.7. The molecule has 0 bridgehead atoms. The number of hydrogen-bond donors (Lipinski definition) is 0. The van der Waals surface area contributed by atoms with Gasteiger partial charge in [0.1, 0.15) is 0 Å². The molecule has 3 rings (SSSR count). The predicted octanol–water partition coefficient (Wildman–Crippen LogP) is 9.44. The highest BCUT2D eigenvalue weighted by Gasteiger charge is 2.35. The fraction of sp³-hybridized carbons (Fsp3) is 0.545. The smallest absolute Gasteiger partial charge is 0.0965 e. The molecule has 1 aliphatic rings. The second kappa shape index (κ2) is 17.1. The van der Waals surface area contributed by atoms with E-state index in [0.717, 1.165) is 19.0 Å².